The molecule has 160 valence electrons. The number of benzene rings is 2. The van der Waals surface area contributed by atoms with E-state index in [9.17, 15) is 9.59 Å². The monoisotopic (exact) mass is 426 g/mol. The van der Waals surface area contributed by atoms with Crippen molar-refractivity contribution in [2.24, 2.45) is 0 Å². The number of nitrogens with one attached hydrogen (secondary N) is 2. The van der Waals surface area contributed by atoms with Crippen molar-refractivity contribution in [1.82, 2.24) is 29.6 Å². The second-order valence-corrected chi connectivity index (χ2v) is 7.58. The van der Waals surface area contributed by atoms with Gasteiger partial charge in [-0.3, -0.25) is 14.2 Å². The second-order valence-electron chi connectivity index (χ2n) is 7.58. The van der Waals surface area contributed by atoms with E-state index in [1.807, 2.05) is 54.7 Å². The third-order valence-electron chi connectivity index (χ3n) is 5.53. The number of carbonyl (C=O) groups is 1. The molecule has 2 aromatic carbocycles. The molecule has 5 aromatic rings. The minimum absolute atomic E-state index is 0.100. The number of nitrogens with zero attached hydrogens (tertiary/aromatic N) is 4. The van der Waals surface area contributed by atoms with E-state index in [2.05, 4.69) is 26.4 Å². The van der Waals surface area contributed by atoms with Gasteiger partial charge < -0.3 is 10.3 Å². The van der Waals surface area contributed by atoms with Gasteiger partial charge in [0.05, 0.1) is 18.2 Å². The molecule has 0 aliphatic heterocycles. The largest absolute Gasteiger partial charge is 0.361 e. The molecule has 32 heavy (non-hydrogen) atoms. The number of fused-ring (bicyclic) bond motifs is 2. The van der Waals surface area contributed by atoms with E-state index in [4.69, 9.17) is 0 Å². The van der Waals surface area contributed by atoms with Gasteiger partial charge in [-0.15, -0.1) is 0 Å². The Morgan fingerprint density at radius 3 is 2.72 bits per heavy atom. The van der Waals surface area contributed by atoms with Gasteiger partial charge in [0.25, 0.3) is 5.56 Å². The Balaban J connectivity index is 1.21. The van der Waals surface area contributed by atoms with E-state index in [0.717, 1.165) is 17.6 Å². The first-order valence-corrected chi connectivity index (χ1v) is 10.5. The highest BCUT2D eigenvalue weighted by Gasteiger charge is 2.12. The maximum Gasteiger partial charge on any atom is 0.264 e. The van der Waals surface area contributed by atoms with Crippen LogP contribution in [0.3, 0.4) is 0 Å². The molecule has 1 amide bonds. The number of H-pyrrole nitrogens is 1. The minimum Gasteiger partial charge on any atom is -0.361 e. The maximum atomic E-state index is 12.8. The van der Waals surface area contributed by atoms with Gasteiger partial charge >= 0.3 is 0 Å². The average Bonchev–Trinajstić information content (AvgIpc) is 3.44. The number of aromatic amines is 1. The number of hydrogen-bond acceptors (Lipinski definition) is 4. The number of para-hydroxylation sites is 2. The van der Waals surface area contributed by atoms with Crippen molar-refractivity contribution in [2.45, 2.75) is 19.4 Å². The van der Waals surface area contributed by atoms with Crippen molar-refractivity contribution in [3.8, 4) is 5.69 Å². The lowest BCUT2D eigenvalue weighted by atomic mass is 10.1. The molecule has 0 saturated carbocycles. The van der Waals surface area contributed by atoms with E-state index in [0.29, 0.717) is 17.6 Å². The van der Waals surface area contributed by atoms with Gasteiger partial charge in [-0.25, -0.2) is 9.67 Å². The highest BCUT2D eigenvalue weighted by atomic mass is 16.1. The van der Waals surface area contributed by atoms with Crippen LogP contribution in [0.25, 0.3) is 27.6 Å². The molecule has 5 rings (SSSR count). The lowest BCUT2D eigenvalue weighted by Gasteiger charge is -2.07. The smallest absolute Gasteiger partial charge is 0.264 e. The van der Waals surface area contributed by atoms with Crippen molar-refractivity contribution in [3.63, 3.8) is 0 Å². The zero-order chi connectivity index (χ0) is 21.9. The van der Waals surface area contributed by atoms with Gasteiger partial charge in [-0.05, 0) is 30.2 Å². The fourth-order valence-corrected chi connectivity index (χ4v) is 3.85. The van der Waals surface area contributed by atoms with Gasteiger partial charge in [0.15, 0.2) is 5.65 Å². The van der Waals surface area contributed by atoms with Crippen LogP contribution in [0.1, 0.15) is 12.0 Å². The normalized spacial score (nSPS) is 11.2. The summed E-state index contributed by atoms with van der Waals surface area (Å²) in [5.41, 5.74) is 3.39. The van der Waals surface area contributed by atoms with Crippen molar-refractivity contribution in [3.05, 3.63) is 89.2 Å². The van der Waals surface area contributed by atoms with Gasteiger partial charge in [0.1, 0.15) is 5.39 Å². The van der Waals surface area contributed by atoms with Crippen molar-refractivity contribution in [1.29, 1.82) is 0 Å². The Bertz CT molecular complexity index is 1450. The van der Waals surface area contributed by atoms with Crippen LogP contribution >= 0.6 is 0 Å². The zero-order valence-corrected chi connectivity index (χ0v) is 17.4. The molecule has 0 aliphatic carbocycles. The quantitative estimate of drug-likeness (QED) is 0.418. The molecular formula is C24H22N6O2. The molecule has 0 spiro atoms. The molecule has 8 heteroatoms. The Labute approximate surface area is 183 Å². The Kier molecular flexibility index (Phi) is 5.25. The molecule has 0 bridgehead atoms. The van der Waals surface area contributed by atoms with E-state index >= 15 is 0 Å². The SMILES string of the molecule is O=C(CCn1cnc2c(cnn2-c2ccccc2)c1=O)NCCc1c[nH]c2ccccc12. The number of aromatic nitrogens is 5. The number of aryl methyl sites for hydroxylation is 1. The van der Waals surface area contributed by atoms with Crippen LogP contribution < -0.4 is 10.9 Å². The number of carbonyl (C=O) groups excluding carboxylic acids is 1. The summed E-state index contributed by atoms with van der Waals surface area (Å²) in [6.07, 6.45) is 5.92. The van der Waals surface area contributed by atoms with E-state index in [1.54, 1.807) is 4.68 Å². The van der Waals surface area contributed by atoms with E-state index in [1.165, 1.54) is 28.0 Å². The summed E-state index contributed by atoms with van der Waals surface area (Å²) in [6, 6.07) is 17.6. The highest BCUT2D eigenvalue weighted by Crippen LogP contribution is 2.17. The fourth-order valence-electron chi connectivity index (χ4n) is 3.85. The Morgan fingerprint density at radius 2 is 1.84 bits per heavy atom. The number of amides is 1. The lowest BCUT2D eigenvalue weighted by molar-refractivity contribution is -0.121. The highest BCUT2D eigenvalue weighted by molar-refractivity contribution is 5.83. The molecule has 0 aliphatic rings. The molecule has 0 fully saturated rings. The van der Waals surface area contributed by atoms with Crippen LogP contribution in [0.15, 0.2) is 78.1 Å². The minimum atomic E-state index is -0.205. The summed E-state index contributed by atoms with van der Waals surface area (Å²) in [5, 5.41) is 8.84. The van der Waals surface area contributed by atoms with Crippen LogP contribution in [0.5, 0.6) is 0 Å². The summed E-state index contributed by atoms with van der Waals surface area (Å²) in [7, 11) is 0. The molecule has 8 nitrogen and oxygen atoms in total. The Morgan fingerprint density at radius 1 is 1.03 bits per heavy atom. The first kappa shape index (κ1) is 19.7. The molecular weight excluding hydrogens is 404 g/mol. The van der Waals surface area contributed by atoms with Gasteiger partial charge in [-0.1, -0.05) is 36.4 Å². The maximum absolute atomic E-state index is 12.8. The van der Waals surface area contributed by atoms with Crippen molar-refractivity contribution >= 4 is 27.8 Å². The molecule has 2 N–H and O–H groups in total. The van der Waals surface area contributed by atoms with Crippen LogP contribution in [-0.2, 0) is 17.8 Å². The number of hydrogen-bond donors (Lipinski definition) is 2. The number of rotatable bonds is 7. The molecule has 0 unspecified atom stereocenters. The first-order valence-electron chi connectivity index (χ1n) is 10.5. The topological polar surface area (TPSA) is 97.6 Å². The molecule has 0 saturated heterocycles. The van der Waals surface area contributed by atoms with E-state index < -0.39 is 0 Å². The fraction of sp³-hybridized carbons (Fsp3) is 0.167. The van der Waals surface area contributed by atoms with Crippen molar-refractivity contribution < 1.29 is 4.79 Å². The van der Waals surface area contributed by atoms with Crippen LogP contribution in [0, 0.1) is 0 Å². The third kappa shape index (κ3) is 3.78. The summed E-state index contributed by atoms with van der Waals surface area (Å²) < 4.78 is 3.09. The van der Waals surface area contributed by atoms with Crippen LogP contribution in [0.2, 0.25) is 0 Å². The zero-order valence-electron chi connectivity index (χ0n) is 17.4. The van der Waals surface area contributed by atoms with Gasteiger partial charge in [-0.2, -0.15) is 5.10 Å². The summed E-state index contributed by atoms with van der Waals surface area (Å²) >= 11 is 0. The van der Waals surface area contributed by atoms with Gasteiger partial charge in [0, 0.05) is 36.6 Å². The van der Waals surface area contributed by atoms with Gasteiger partial charge in [0.2, 0.25) is 5.91 Å². The summed E-state index contributed by atoms with van der Waals surface area (Å²) in [6.45, 7) is 0.800. The van der Waals surface area contributed by atoms with Crippen molar-refractivity contribution in [2.75, 3.05) is 6.54 Å². The molecule has 0 radical (unpaired) electrons. The second kappa shape index (κ2) is 8.50. The average molecular weight is 426 g/mol. The first-order chi connectivity index (χ1) is 15.7. The molecule has 3 heterocycles. The van der Waals surface area contributed by atoms with Crippen LogP contribution in [0.4, 0.5) is 0 Å². The standard InChI is InChI=1S/C24H22N6O2/c31-22(25-12-10-17-14-26-21-9-5-4-8-19(17)21)11-13-29-16-27-23-20(24(29)32)15-28-30(23)18-6-2-1-3-7-18/h1-9,14-16,26H,10-13H2,(H,25,31). The Hall–Kier alpha value is -4.20. The molecule has 3 aromatic heterocycles. The van der Waals surface area contributed by atoms with E-state index in [-0.39, 0.29) is 24.4 Å². The van der Waals surface area contributed by atoms with Crippen LogP contribution in [-0.4, -0.2) is 36.8 Å². The molecule has 0 atom stereocenters. The third-order valence-corrected chi connectivity index (χ3v) is 5.53. The summed E-state index contributed by atoms with van der Waals surface area (Å²) in [4.78, 5) is 32.8. The summed E-state index contributed by atoms with van der Waals surface area (Å²) in [5.74, 6) is -0.100. The lowest BCUT2D eigenvalue weighted by Crippen LogP contribution is -2.29. The predicted octanol–water partition coefficient (Wildman–Crippen LogP) is 2.81. The predicted molar refractivity (Wildman–Crippen MR) is 123 cm³/mol.